The first-order chi connectivity index (χ1) is 17.9. The smallest absolute Gasteiger partial charge is 0.247 e. The Kier molecular flexibility index (Phi) is 6.72. The standard InChI is InChI=1S/C29H26FN4O3/c1-18(35)31-21-11-9-20(10-12-21)28-27(30)23-17-22(13-14-24(23)33-28)32-29(37)25-8-5-15-34(25)26(36)16-19-6-3-2-4-7-19/h2-4,6-7,9-14,16-17,25,33H,5,8,15H2,1H3,(H,31,35)(H,32,37)/t25-/m0/s1. The van der Waals surface area contributed by atoms with Gasteiger partial charge in [-0.15, -0.1) is 0 Å². The lowest BCUT2D eigenvalue weighted by Crippen LogP contribution is -2.43. The number of carbonyl (C=O) groups excluding carboxylic acids is 3. The monoisotopic (exact) mass is 497 g/mol. The SMILES string of the molecule is CC(=O)Nc1ccc(-c2[nH]c3ccc(NC(=O)[C@@H]4CCCN4C(=O)[CH]c4ccccc4)cc3c2F)cc1. The lowest BCUT2D eigenvalue weighted by Gasteiger charge is -2.24. The van der Waals surface area contributed by atoms with Crippen molar-refractivity contribution < 1.29 is 18.8 Å². The molecule has 5 rings (SSSR count). The number of fused-ring (bicyclic) bond motifs is 1. The van der Waals surface area contributed by atoms with Crippen LogP contribution in [-0.2, 0) is 14.4 Å². The summed E-state index contributed by atoms with van der Waals surface area (Å²) in [6.07, 6.45) is 2.85. The molecule has 0 bridgehead atoms. The van der Waals surface area contributed by atoms with Gasteiger partial charge >= 0.3 is 0 Å². The maximum Gasteiger partial charge on any atom is 0.247 e. The molecule has 1 aromatic heterocycles. The number of carbonyl (C=O) groups is 3. The number of likely N-dealkylation sites (tertiary alicyclic amines) is 1. The molecule has 0 unspecified atom stereocenters. The molecule has 3 N–H and O–H groups in total. The van der Waals surface area contributed by atoms with Crippen LogP contribution in [0.1, 0.15) is 25.3 Å². The quantitative estimate of drug-likeness (QED) is 0.345. The Morgan fingerprint density at radius 1 is 0.973 bits per heavy atom. The summed E-state index contributed by atoms with van der Waals surface area (Å²) < 4.78 is 15.3. The number of halogens is 1. The Balaban J connectivity index is 1.31. The van der Waals surface area contributed by atoms with Crippen molar-refractivity contribution >= 4 is 40.0 Å². The van der Waals surface area contributed by atoms with Crippen molar-refractivity contribution in [3.8, 4) is 11.3 Å². The highest BCUT2D eigenvalue weighted by atomic mass is 19.1. The number of benzene rings is 3. The van der Waals surface area contributed by atoms with Crippen molar-refractivity contribution in [1.82, 2.24) is 9.88 Å². The summed E-state index contributed by atoms with van der Waals surface area (Å²) in [5.41, 5.74) is 3.40. The zero-order valence-electron chi connectivity index (χ0n) is 20.3. The highest BCUT2D eigenvalue weighted by Gasteiger charge is 2.34. The maximum absolute atomic E-state index is 15.3. The molecule has 37 heavy (non-hydrogen) atoms. The zero-order chi connectivity index (χ0) is 25.9. The van der Waals surface area contributed by atoms with Crippen molar-refractivity contribution in [2.24, 2.45) is 0 Å². The number of rotatable bonds is 6. The molecular weight excluding hydrogens is 471 g/mol. The van der Waals surface area contributed by atoms with Crippen molar-refractivity contribution in [2.45, 2.75) is 25.8 Å². The Bertz CT molecular complexity index is 1460. The van der Waals surface area contributed by atoms with Gasteiger partial charge in [0.1, 0.15) is 6.04 Å². The molecule has 3 amide bonds. The molecule has 3 aromatic carbocycles. The minimum atomic E-state index is -0.586. The molecule has 0 saturated carbocycles. The van der Waals surface area contributed by atoms with Crippen LogP contribution in [0.3, 0.4) is 0 Å². The molecule has 8 heteroatoms. The Hall–Kier alpha value is -4.46. The van der Waals surface area contributed by atoms with Crippen LogP contribution in [0.4, 0.5) is 15.8 Å². The van der Waals surface area contributed by atoms with E-state index in [4.69, 9.17) is 0 Å². The normalized spacial score (nSPS) is 15.1. The summed E-state index contributed by atoms with van der Waals surface area (Å²) in [4.78, 5) is 41.8. The summed E-state index contributed by atoms with van der Waals surface area (Å²) in [6, 6.07) is 20.6. The topological polar surface area (TPSA) is 94.3 Å². The van der Waals surface area contributed by atoms with Crippen molar-refractivity contribution in [3.63, 3.8) is 0 Å². The molecule has 1 saturated heterocycles. The number of hydrogen-bond donors (Lipinski definition) is 3. The zero-order valence-corrected chi connectivity index (χ0v) is 20.3. The molecule has 7 nitrogen and oxygen atoms in total. The van der Waals surface area contributed by atoms with E-state index in [0.29, 0.717) is 46.5 Å². The number of anilines is 2. The number of H-pyrrole nitrogens is 1. The van der Waals surface area contributed by atoms with Gasteiger partial charge in [0.15, 0.2) is 5.82 Å². The van der Waals surface area contributed by atoms with Crippen LogP contribution in [0.25, 0.3) is 22.2 Å². The predicted octanol–water partition coefficient (Wildman–Crippen LogP) is 5.11. The van der Waals surface area contributed by atoms with E-state index >= 15 is 4.39 Å². The van der Waals surface area contributed by atoms with Crippen LogP contribution in [-0.4, -0.2) is 40.2 Å². The highest BCUT2D eigenvalue weighted by Crippen LogP contribution is 2.31. The molecular formula is C29H26FN4O3. The molecule has 1 radical (unpaired) electrons. The van der Waals surface area contributed by atoms with Gasteiger partial charge in [0.2, 0.25) is 17.7 Å². The van der Waals surface area contributed by atoms with Gasteiger partial charge in [0, 0.05) is 41.3 Å². The van der Waals surface area contributed by atoms with Gasteiger partial charge in [-0.05, 0) is 48.7 Å². The molecule has 4 aromatic rings. The molecule has 0 aliphatic carbocycles. The van der Waals surface area contributed by atoms with Gasteiger partial charge in [0.25, 0.3) is 0 Å². The van der Waals surface area contributed by atoms with Gasteiger partial charge in [-0.3, -0.25) is 14.4 Å². The molecule has 1 atom stereocenters. The van der Waals surface area contributed by atoms with Crippen molar-refractivity contribution in [2.75, 3.05) is 17.2 Å². The lowest BCUT2D eigenvalue weighted by atomic mass is 10.1. The third-order valence-corrected chi connectivity index (χ3v) is 6.42. The van der Waals surface area contributed by atoms with Crippen LogP contribution in [0.5, 0.6) is 0 Å². The summed E-state index contributed by atoms with van der Waals surface area (Å²) in [6.45, 7) is 1.93. The second kappa shape index (κ2) is 10.3. The van der Waals surface area contributed by atoms with E-state index < -0.39 is 11.9 Å². The minimum absolute atomic E-state index is 0.182. The Labute approximate surface area is 213 Å². The summed E-state index contributed by atoms with van der Waals surface area (Å²) in [7, 11) is 0. The summed E-state index contributed by atoms with van der Waals surface area (Å²) in [5.74, 6) is -1.12. The number of hydrogen-bond acceptors (Lipinski definition) is 3. The van der Waals surface area contributed by atoms with Crippen molar-refractivity contribution in [1.29, 1.82) is 0 Å². The second-order valence-electron chi connectivity index (χ2n) is 9.07. The fourth-order valence-electron chi connectivity index (χ4n) is 4.66. The number of amides is 3. The van der Waals surface area contributed by atoms with E-state index in [1.165, 1.54) is 13.3 Å². The van der Waals surface area contributed by atoms with Gasteiger partial charge in [-0.25, -0.2) is 4.39 Å². The summed E-state index contributed by atoms with van der Waals surface area (Å²) in [5, 5.41) is 5.89. The van der Waals surface area contributed by atoms with Crippen LogP contribution in [0, 0.1) is 12.2 Å². The number of aromatic nitrogens is 1. The van der Waals surface area contributed by atoms with Gasteiger partial charge in [-0.1, -0.05) is 42.5 Å². The van der Waals surface area contributed by atoms with E-state index in [-0.39, 0.29) is 17.7 Å². The van der Waals surface area contributed by atoms with Crippen LogP contribution in [0.15, 0.2) is 72.8 Å². The van der Waals surface area contributed by atoms with E-state index in [9.17, 15) is 14.4 Å². The fraction of sp³-hybridized carbons (Fsp3) is 0.172. The molecule has 1 fully saturated rings. The molecule has 187 valence electrons. The molecule has 1 aliphatic heterocycles. The van der Waals surface area contributed by atoms with E-state index in [1.54, 1.807) is 47.4 Å². The average molecular weight is 498 g/mol. The summed E-state index contributed by atoms with van der Waals surface area (Å²) >= 11 is 0. The van der Waals surface area contributed by atoms with Crippen LogP contribution < -0.4 is 10.6 Å². The van der Waals surface area contributed by atoms with E-state index in [2.05, 4.69) is 15.6 Å². The molecule has 2 heterocycles. The Morgan fingerprint density at radius 2 is 1.70 bits per heavy atom. The largest absolute Gasteiger partial charge is 0.352 e. The van der Waals surface area contributed by atoms with Gasteiger partial charge < -0.3 is 20.5 Å². The molecule has 1 aliphatic rings. The van der Waals surface area contributed by atoms with Crippen molar-refractivity contribution in [3.05, 3.63) is 90.6 Å². The minimum Gasteiger partial charge on any atom is -0.352 e. The lowest BCUT2D eigenvalue weighted by molar-refractivity contribution is -0.133. The first-order valence-electron chi connectivity index (χ1n) is 12.1. The Morgan fingerprint density at radius 3 is 2.43 bits per heavy atom. The number of nitrogens with zero attached hydrogens (tertiary/aromatic N) is 1. The van der Waals surface area contributed by atoms with Crippen LogP contribution in [0.2, 0.25) is 0 Å². The maximum atomic E-state index is 15.3. The van der Waals surface area contributed by atoms with Crippen LogP contribution >= 0.6 is 0 Å². The number of aromatic amines is 1. The second-order valence-corrected chi connectivity index (χ2v) is 9.07. The fourth-order valence-corrected chi connectivity index (χ4v) is 4.66. The first kappa shape index (κ1) is 24.2. The predicted molar refractivity (Wildman–Crippen MR) is 141 cm³/mol. The third kappa shape index (κ3) is 5.23. The third-order valence-electron chi connectivity index (χ3n) is 6.42. The van der Waals surface area contributed by atoms with E-state index in [0.717, 1.165) is 12.0 Å². The number of nitrogens with one attached hydrogen (secondary N) is 3. The van der Waals surface area contributed by atoms with Gasteiger partial charge in [-0.2, -0.15) is 0 Å². The van der Waals surface area contributed by atoms with E-state index in [1.807, 2.05) is 30.3 Å². The molecule has 0 spiro atoms. The first-order valence-corrected chi connectivity index (χ1v) is 12.1. The van der Waals surface area contributed by atoms with Gasteiger partial charge in [0.05, 0.1) is 12.1 Å². The highest BCUT2D eigenvalue weighted by molar-refractivity contribution is 6.01. The average Bonchev–Trinajstić information content (AvgIpc) is 3.50.